The van der Waals surface area contributed by atoms with Crippen LogP contribution in [0.15, 0.2) is 71.7 Å². The number of hydrogen-bond acceptors (Lipinski definition) is 4. The van der Waals surface area contributed by atoms with Crippen LogP contribution in [0.1, 0.15) is 38.1 Å². The highest BCUT2D eigenvalue weighted by Gasteiger charge is 2.20. The van der Waals surface area contributed by atoms with Crippen molar-refractivity contribution in [2.75, 3.05) is 0 Å². The minimum absolute atomic E-state index is 0.258. The molecule has 0 aliphatic rings. The number of amides is 1. The quantitative estimate of drug-likeness (QED) is 0.652. The van der Waals surface area contributed by atoms with Gasteiger partial charge in [-0.15, -0.1) is 0 Å². The number of hydrogen-bond donors (Lipinski definition) is 3. The number of H-pyrrole nitrogens is 1. The van der Waals surface area contributed by atoms with Crippen molar-refractivity contribution in [1.29, 1.82) is 0 Å². The molecule has 1 heterocycles. The zero-order valence-corrected chi connectivity index (χ0v) is 13.5. The van der Waals surface area contributed by atoms with Gasteiger partial charge in [0.05, 0.1) is 6.04 Å². The Morgan fingerprint density at radius 3 is 1.96 bits per heavy atom. The van der Waals surface area contributed by atoms with Gasteiger partial charge in [-0.05, 0) is 11.1 Å². The number of carbonyl (C=O) groups is 2. The van der Waals surface area contributed by atoms with Crippen LogP contribution < -0.4 is 10.9 Å². The minimum atomic E-state index is -1.37. The van der Waals surface area contributed by atoms with E-state index in [1.165, 1.54) is 0 Å². The van der Waals surface area contributed by atoms with E-state index in [1.807, 2.05) is 60.7 Å². The van der Waals surface area contributed by atoms with Crippen LogP contribution in [0.2, 0.25) is 0 Å². The molecule has 3 N–H and O–H groups in total. The van der Waals surface area contributed by atoms with Gasteiger partial charge in [-0.1, -0.05) is 60.7 Å². The van der Waals surface area contributed by atoms with Crippen molar-refractivity contribution in [2.45, 2.75) is 6.04 Å². The van der Waals surface area contributed by atoms with Crippen molar-refractivity contribution in [3.05, 3.63) is 99.7 Å². The summed E-state index contributed by atoms with van der Waals surface area (Å²) in [6.45, 7) is 0. The van der Waals surface area contributed by atoms with Crippen LogP contribution >= 0.6 is 0 Å². The van der Waals surface area contributed by atoms with Gasteiger partial charge in [0.1, 0.15) is 5.56 Å². The molecule has 0 radical (unpaired) electrons. The van der Waals surface area contributed by atoms with Crippen molar-refractivity contribution in [1.82, 2.24) is 15.3 Å². The number of carbonyl (C=O) groups excluding carboxylic acids is 1. The lowest BCUT2D eigenvalue weighted by molar-refractivity contribution is 0.0682. The second kappa shape index (κ2) is 7.43. The first-order chi connectivity index (χ1) is 12.6. The number of aromatic carboxylic acids is 1. The highest BCUT2D eigenvalue weighted by atomic mass is 16.4. The number of aromatic amines is 1. The summed E-state index contributed by atoms with van der Waals surface area (Å²) in [5.74, 6) is -2.54. The summed E-state index contributed by atoms with van der Waals surface area (Å²) in [7, 11) is 0. The highest BCUT2D eigenvalue weighted by Crippen LogP contribution is 2.22. The average molecular weight is 349 g/mol. The van der Waals surface area contributed by atoms with Crippen molar-refractivity contribution >= 4 is 11.9 Å². The summed E-state index contributed by atoms with van der Waals surface area (Å²) in [5.41, 5.74) is 0.624. The maximum Gasteiger partial charge on any atom is 0.372 e. The average Bonchev–Trinajstić information content (AvgIpc) is 2.67. The third-order valence-electron chi connectivity index (χ3n) is 3.79. The SMILES string of the molecule is O=C(O)c1ncc(C(=O)NC(c2ccccc2)c2ccccc2)c(=O)[nH]1. The van der Waals surface area contributed by atoms with Crippen LogP contribution in [-0.2, 0) is 0 Å². The van der Waals surface area contributed by atoms with Gasteiger partial charge in [0.25, 0.3) is 11.5 Å². The smallest absolute Gasteiger partial charge is 0.372 e. The van der Waals surface area contributed by atoms with Crippen molar-refractivity contribution in [2.24, 2.45) is 0 Å². The molecule has 7 heteroatoms. The van der Waals surface area contributed by atoms with E-state index in [2.05, 4.69) is 15.3 Å². The third kappa shape index (κ3) is 3.67. The van der Waals surface area contributed by atoms with Gasteiger partial charge in [0, 0.05) is 6.20 Å². The van der Waals surface area contributed by atoms with E-state index in [0.29, 0.717) is 0 Å². The fourth-order valence-electron chi connectivity index (χ4n) is 2.52. The molecule has 0 fully saturated rings. The van der Waals surface area contributed by atoms with Crippen LogP contribution in [-0.4, -0.2) is 27.0 Å². The lowest BCUT2D eigenvalue weighted by Crippen LogP contribution is -2.34. The van der Waals surface area contributed by atoms with E-state index < -0.39 is 29.3 Å². The number of carboxylic acids is 1. The third-order valence-corrected chi connectivity index (χ3v) is 3.79. The molecule has 7 nitrogen and oxygen atoms in total. The molecule has 0 unspecified atom stereocenters. The van der Waals surface area contributed by atoms with Crippen LogP contribution in [0.25, 0.3) is 0 Å². The molecule has 0 bridgehead atoms. The van der Waals surface area contributed by atoms with Gasteiger partial charge in [0.15, 0.2) is 0 Å². The van der Waals surface area contributed by atoms with Gasteiger partial charge < -0.3 is 15.4 Å². The molecule has 130 valence electrons. The zero-order valence-electron chi connectivity index (χ0n) is 13.5. The van der Waals surface area contributed by atoms with Crippen LogP contribution in [0.3, 0.4) is 0 Å². The Labute approximate surface area is 148 Å². The van der Waals surface area contributed by atoms with Gasteiger partial charge >= 0.3 is 5.97 Å². The number of nitrogens with zero attached hydrogens (tertiary/aromatic N) is 1. The topological polar surface area (TPSA) is 112 Å². The van der Waals surface area contributed by atoms with Gasteiger partial charge in [0.2, 0.25) is 5.82 Å². The molecule has 1 aromatic heterocycles. The molecule has 1 amide bonds. The Kier molecular flexibility index (Phi) is 4.89. The van der Waals surface area contributed by atoms with E-state index in [9.17, 15) is 14.4 Å². The Morgan fingerprint density at radius 1 is 0.962 bits per heavy atom. The van der Waals surface area contributed by atoms with Gasteiger partial charge in [-0.25, -0.2) is 9.78 Å². The molecule has 3 aromatic rings. The molecular weight excluding hydrogens is 334 g/mol. The first kappa shape index (κ1) is 17.1. The fourth-order valence-corrected chi connectivity index (χ4v) is 2.52. The molecule has 0 saturated carbocycles. The number of aromatic nitrogens is 2. The Bertz CT molecular complexity index is 945. The molecule has 26 heavy (non-hydrogen) atoms. The first-order valence-electron chi connectivity index (χ1n) is 7.79. The summed E-state index contributed by atoms with van der Waals surface area (Å²) in [6.07, 6.45) is 0.963. The Balaban J connectivity index is 1.94. The standard InChI is InChI=1S/C19H15N3O4/c23-17(14-11-20-16(19(25)26)22-18(14)24)21-15(12-7-3-1-4-8-12)13-9-5-2-6-10-13/h1-11,15H,(H,21,23)(H,25,26)(H,20,22,24). The monoisotopic (exact) mass is 349 g/mol. The number of carboxylic acid groups (broad SMARTS) is 1. The summed E-state index contributed by atoms with van der Waals surface area (Å²) < 4.78 is 0. The molecule has 0 aliphatic carbocycles. The van der Waals surface area contributed by atoms with E-state index in [-0.39, 0.29) is 5.56 Å². The second-order valence-corrected chi connectivity index (χ2v) is 5.51. The highest BCUT2D eigenvalue weighted by molar-refractivity contribution is 5.94. The van der Waals surface area contributed by atoms with Gasteiger partial charge in [-0.2, -0.15) is 0 Å². The normalized spacial score (nSPS) is 10.5. The maximum atomic E-state index is 12.6. The predicted molar refractivity (Wildman–Crippen MR) is 94.0 cm³/mol. The Morgan fingerprint density at radius 2 is 1.50 bits per heavy atom. The molecular formula is C19H15N3O4. The second-order valence-electron chi connectivity index (χ2n) is 5.51. The number of nitrogens with one attached hydrogen (secondary N) is 2. The van der Waals surface area contributed by atoms with E-state index in [4.69, 9.17) is 5.11 Å². The van der Waals surface area contributed by atoms with Crippen LogP contribution in [0.4, 0.5) is 0 Å². The lowest BCUT2D eigenvalue weighted by atomic mass is 9.98. The number of rotatable bonds is 5. The summed E-state index contributed by atoms with van der Waals surface area (Å²) in [5, 5.41) is 11.7. The molecule has 0 spiro atoms. The van der Waals surface area contributed by atoms with E-state index >= 15 is 0 Å². The Hall–Kier alpha value is -3.74. The molecule has 0 saturated heterocycles. The summed E-state index contributed by atoms with van der Waals surface area (Å²) in [6, 6.07) is 18.2. The van der Waals surface area contributed by atoms with Crippen molar-refractivity contribution in [3.63, 3.8) is 0 Å². The zero-order chi connectivity index (χ0) is 18.5. The van der Waals surface area contributed by atoms with Crippen LogP contribution in [0.5, 0.6) is 0 Å². The first-order valence-corrected chi connectivity index (χ1v) is 7.79. The molecule has 3 rings (SSSR count). The van der Waals surface area contributed by atoms with Crippen molar-refractivity contribution in [3.8, 4) is 0 Å². The van der Waals surface area contributed by atoms with E-state index in [1.54, 1.807) is 0 Å². The predicted octanol–water partition coefficient (Wildman–Crippen LogP) is 1.99. The summed E-state index contributed by atoms with van der Waals surface area (Å²) >= 11 is 0. The number of benzene rings is 2. The van der Waals surface area contributed by atoms with Crippen molar-refractivity contribution < 1.29 is 14.7 Å². The summed E-state index contributed by atoms with van der Waals surface area (Å²) in [4.78, 5) is 41.1. The van der Waals surface area contributed by atoms with Gasteiger partial charge in [-0.3, -0.25) is 9.59 Å². The largest absolute Gasteiger partial charge is 0.475 e. The minimum Gasteiger partial charge on any atom is -0.475 e. The molecule has 2 aromatic carbocycles. The molecule has 0 atom stereocenters. The fraction of sp³-hybridized carbons (Fsp3) is 0.0526. The van der Waals surface area contributed by atoms with E-state index in [0.717, 1.165) is 17.3 Å². The maximum absolute atomic E-state index is 12.6. The lowest BCUT2D eigenvalue weighted by Gasteiger charge is -2.19. The van der Waals surface area contributed by atoms with Crippen LogP contribution in [0, 0.1) is 0 Å². The molecule has 0 aliphatic heterocycles.